The summed E-state index contributed by atoms with van der Waals surface area (Å²) in [5.74, 6) is 2.83. The number of guanidine groups is 1. The summed E-state index contributed by atoms with van der Waals surface area (Å²) in [6, 6.07) is 3.60. The van der Waals surface area contributed by atoms with E-state index in [0.29, 0.717) is 22.9 Å². The zero-order valence-electron chi connectivity index (χ0n) is 12.6. The Balaban J connectivity index is 2.52. The Hall–Kier alpha value is -2.11. The van der Waals surface area contributed by atoms with Gasteiger partial charge in [-0.25, -0.2) is 4.99 Å². The molecule has 110 valence electrons. The summed E-state index contributed by atoms with van der Waals surface area (Å²) in [6.07, 6.45) is 0. The number of likely N-dealkylation sites (N-methyl/N-ethyl adjacent to an activating group) is 2. The molecule has 0 spiro atoms. The maximum atomic E-state index is 5.41. The molecule has 1 aromatic carbocycles. The van der Waals surface area contributed by atoms with Gasteiger partial charge in [0.1, 0.15) is 5.75 Å². The van der Waals surface area contributed by atoms with Crippen molar-refractivity contribution in [3.63, 3.8) is 0 Å². The topological polar surface area (TPSA) is 46.5 Å². The fraction of sp³-hybridized carbons (Fsp3) is 0.500. The van der Waals surface area contributed by atoms with Crippen molar-refractivity contribution in [1.82, 2.24) is 9.80 Å². The Morgan fingerprint density at radius 3 is 1.80 bits per heavy atom. The van der Waals surface area contributed by atoms with E-state index in [-0.39, 0.29) is 0 Å². The van der Waals surface area contributed by atoms with Gasteiger partial charge in [-0.1, -0.05) is 0 Å². The van der Waals surface area contributed by atoms with Crippen LogP contribution in [-0.2, 0) is 0 Å². The van der Waals surface area contributed by atoms with Gasteiger partial charge in [0.2, 0.25) is 5.96 Å². The second-order valence-corrected chi connectivity index (χ2v) is 4.64. The molecule has 20 heavy (non-hydrogen) atoms. The molecule has 0 aromatic heterocycles. The molecule has 0 bridgehead atoms. The molecule has 1 heterocycles. The number of ether oxygens (including phenoxy) is 3. The molecule has 0 N–H and O–H groups in total. The van der Waals surface area contributed by atoms with E-state index in [1.54, 1.807) is 33.5 Å². The predicted molar refractivity (Wildman–Crippen MR) is 78.5 cm³/mol. The monoisotopic (exact) mass is 279 g/mol. The SMILES string of the molecule is COc1cc(OC)c(N=C2N(C)CCN2C)c(OC)c1. The summed E-state index contributed by atoms with van der Waals surface area (Å²) in [4.78, 5) is 8.90. The third kappa shape index (κ3) is 2.59. The van der Waals surface area contributed by atoms with E-state index in [4.69, 9.17) is 19.2 Å². The molecule has 0 atom stereocenters. The summed E-state index contributed by atoms with van der Waals surface area (Å²) in [5.41, 5.74) is 0.673. The highest BCUT2D eigenvalue weighted by molar-refractivity contribution is 5.86. The second-order valence-electron chi connectivity index (χ2n) is 4.64. The fourth-order valence-electron chi connectivity index (χ4n) is 2.16. The summed E-state index contributed by atoms with van der Waals surface area (Å²) in [7, 11) is 8.87. The Morgan fingerprint density at radius 1 is 0.900 bits per heavy atom. The Morgan fingerprint density at radius 2 is 1.40 bits per heavy atom. The normalized spacial score (nSPS) is 14.6. The molecule has 2 rings (SSSR count). The second kappa shape index (κ2) is 5.90. The molecule has 0 saturated carbocycles. The number of rotatable bonds is 4. The standard InChI is InChI=1S/C14H21N3O3/c1-16-6-7-17(2)14(16)15-13-11(19-4)8-10(18-3)9-12(13)20-5/h8-9H,6-7H2,1-5H3. The molecule has 6 nitrogen and oxygen atoms in total. The zero-order chi connectivity index (χ0) is 14.7. The van der Waals surface area contributed by atoms with Crippen LogP contribution in [0, 0.1) is 0 Å². The summed E-state index contributed by atoms with van der Waals surface area (Å²) < 4.78 is 16.1. The average molecular weight is 279 g/mol. The largest absolute Gasteiger partial charge is 0.496 e. The van der Waals surface area contributed by atoms with Crippen LogP contribution in [0.1, 0.15) is 0 Å². The van der Waals surface area contributed by atoms with E-state index >= 15 is 0 Å². The van der Waals surface area contributed by atoms with Crippen LogP contribution in [-0.4, -0.2) is 64.3 Å². The highest BCUT2D eigenvalue weighted by Crippen LogP contribution is 2.41. The van der Waals surface area contributed by atoms with Crippen molar-refractivity contribution in [3.8, 4) is 17.2 Å². The first-order valence-electron chi connectivity index (χ1n) is 6.41. The number of aliphatic imine (C=N–C) groups is 1. The molecular formula is C14H21N3O3. The average Bonchev–Trinajstić information content (AvgIpc) is 2.78. The molecule has 0 unspecified atom stereocenters. The van der Waals surface area contributed by atoms with Gasteiger partial charge in [0.05, 0.1) is 21.3 Å². The number of methoxy groups -OCH3 is 3. The summed E-state index contributed by atoms with van der Waals surface area (Å²) >= 11 is 0. The van der Waals surface area contributed by atoms with E-state index in [9.17, 15) is 0 Å². The van der Waals surface area contributed by atoms with Crippen LogP contribution in [0.4, 0.5) is 5.69 Å². The highest BCUT2D eigenvalue weighted by Gasteiger charge is 2.22. The number of hydrogen-bond donors (Lipinski definition) is 0. The number of benzene rings is 1. The van der Waals surface area contributed by atoms with Crippen LogP contribution < -0.4 is 14.2 Å². The predicted octanol–water partition coefficient (Wildman–Crippen LogP) is 1.58. The lowest BCUT2D eigenvalue weighted by molar-refractivity contribution is 0.377. The van der Waals surface area contributed by atoms with E-state index in [2.05, 4.69) is 9.80 Å². The van der Waals surface area contributed by atoms with Crippen LogP contribution in [0.5, 0.6) is 17.2 Å². The molecule has 0 aliphatic carbocycles. The van der Waals surface area contributed by atoms with Gasteiger partial charge in [-0.05, 0) is 0 Å². The highest BCUT2D eigenvalue weighted by atomic mass is 16.5. The van der Waals surface area contributed by atoms with E-state index in [0.717, 1.165) is 19.0 Å². The van der Waals surface area contributed by atoms with E-state index < -0.39 is 0 Å². The van der Waals surface area contributed by atoms with Crippen molar-refractivity contribution in [2.45, 2.75) is 0 Å². The number of nitrogens with zero attached hydrogens (tertiary/aromatic N) is 3. The summed E-state index contributed by atoms with van der Waals surface area (Å²) in [6.45, 7) is 1.91. The molecule has 1 fully saturated rings. The lowest BCUT2D eigenvalue weighted by Gasteiger charge is -2.18. The van der Waals surface area contributed by atoms with Crippen LogP contribution in [0.25, 0.3) is 0 Å². The smallest absolute Gasteiger partial charge is 0.201 e. The van der Waals surface area contributed by atoms with Crippen molar-refractivity contribution < 1.29 is 14.2 Å². The van der Waals surface area contributed by atoms with Crippen molar-refractivity contribution in [1.29, 1.82) is 0 Å². The van der Waals surface area contributed by atoms with Gasteiger partial charge in [0.25, 0.3) is 0 Å². The molecule has 1 aromatic rings. The van der Waals surface area contributed by atoms with Gasteiger partial charge in [-0.15, -0.1) is 0 Å². The summed E-state index contributed by atoms with van der Waals surface area (Å²) in [5, 5.41) is 0. The van der Waals surface area contributed by atoms with Gasteiger partial charge in [-0.3, -0.25) is 0 Å². The first kappa shape index (κ1) is 14.3. The lowest BCUT2D eigenvalue weighted by Crippen LogP contribution is -2.27. The van der Waals surface area contributed by atoms with Gasteiger partial charge < -0.3 is 24.0 Å². The van der Waals surface area contributed by atoms with E-state index in [1.165, 1.54) is 0 Å². The van der Waals surface area contributed by atoms with Crippen LogP contribution >= 0.6 is 0 Å². The molecule has 1 aliphatic rings. The molecule has 1 aliphatic heterocycles. The van der Waals surface area contributed by atoms with Gasteiger partial charge in [0.15, 0.2) is 17.2 Å². The van der Waals surface area contributed by atoms with Gasteiger partial charge >= 0.3 is 0 Å². The molecular weight excluding hydrogens is 258 g/mol. The molecule has 6 heteroatoms. The maximum Gasteiger partial charge on any atom is 0.201 e. The third-order valence-electron chi connectivity index (χ3n) is 3.35. The van der Waals surface area contributed by atoms with Crippen molar-refractivity contribution in [2.75, 3.05) is 48.5 Å². The molecule has 1 saturated heterocycles. The first-order chi connectivity index (χ1) is 9.60. The minimum absolute atomic E-state index is 0.627. The minimum atomic E-state index is 0.627. The Kier molecular flexibility index (Phi) is 4.22. The zero-order valence-corrected chi connectivity index (χ0v) is 12.6. The Bertz CT molecular complexity index is 479. The van der Waals surface area contributed by atoms with Crippen molar-refractivity contribution in [2.24, 2.45) is 4.99 Å². The van der Waals surface area contributed by atoms with E-state index in [1.807, 2.05) is 14.1 Å². The fourth-order valence-corrected chi connectivity index (χ4v) is 2.16. The first-order valence-corrected chi connectivity index (χ1v) is 6.41. The van der Waals surface area contributed by atoms with Gasteiger partial charge in [-0.2, -0.15) is 0 Å². The maximum absolute atomic E-state index is 5.41. The van der Waals surface area contributed by atoms with Crippen LogP contribution in [0.2, 0.25) is 0 Å². The number of hydrogen-bond acceptors (Lipinski definition) is 4. The quantitative estimate of drug-likeness (QED) is 0.837. The molecule has 0 amide bonds. The van der Waals surface area contributed by atoms with Crippen LogP contribution in [0.3, 0.4) is 0 Å². The Labute approximate surface area is 119 Å². The van der Waals surface area contributed by atoms with Crippen LogP contribution in [0.15, 0.2) is 17.1 Å². The van der Waals surface area contributed by atoms with Gasteiger partial charge in [0, 0.05) is 39.3 Å². The lowest BCUT2D eigenvalue weighted by atomic mass is 10.2. The van der Waals surface area contributed by atoms with Crippen molar-refractivity contribution in [3.05, 3.63) is 12.1 Å². The van der Waals surface area contributed by atoms with Crippen molar-refractivity contribution >= 4 is 11.6 Å². The third-order valence-corrected chi connectivity index (χ3v) is 3.35. The minimum Gasteiger partial charge on any atom is -0.496 e. The molecule has 0 radical (unpaired) electrons.